The van der Waals surface area contributed by atoms with Crippen LogP contribution in [0.5, 0.6) is 0 Å². The number of carbonyl (C=O) groups is 1. The number of rotatable bonds is 3. The molecule has 0 spiro atoms. The quantitative estimate of drug-likeness (QED) is 0.875. The van der Waals surface area contributed by atoms with Gasteiger partial charge in [0.05, 0.1) is 5.52 Å². The Morgan fingerprint density at radius 1 is 1.17 bits per heavy atom. The van der Waals surface area contributed by atoms with Gasteiger partial charge in [-0.1, -0.05) is 12.1 Å². The predicted molar refractivity (Wildman–Crippen MR) is 78.9 cm³/mol. The number of nitrogens with one attached hydrogen (secondary N) is 1. The zero-order valence-corrected chi connectivity index (χ0v) is 12.9. The molecule has 2 aromatic rings. The highest BCUT2D eigenvalue weighted by atomic mass is 19.4. The number of esters is 1. The second-order valence-corrected chi connectivity index (χ2v) is 5.85. The largest absolute Gasteiger partial charge is 0.459 e. The minimum absolute atomic E-state index is 0.0613. The molecule has 0 fully saturated rings. The Hall–Kier alpha value is -2.38. The van der Waals surface area contributed by atoms with Crippen LogP contribution in [0.3, 0.4) is 0 Å². The summed E-state index contributed by atoms with van der Waals surface area (Å²) in [6, 6.07) is 6.25. The SMILES string of the molecule is CC(C)(C)OC(=O)CNc1nc(C(F)(F)F)nc2ccccc12. The van der Waals surface area contributed by atoms with Crippen molar-refractivity contribution in [2.45, 2.75) is 32.5 Å². The minimum Gasteiger partial charge on any atom is -0.459 e. The molecule has 124 valence electrons. The van der Waals surface area contributed by atoms with E-state index in [1.807, 2.05) is 0 Å². The molecule has 0 aliphatic carbocycles. The Bertz CT molecular complexity index is 724. The van der Waals surface area contributed by atoms with E-state index in [-0.39, 0.29) is 17.9 Å². The van der Waals surface area contributed by atoms with Gasteiger partial charge in [0.25, 0.3) is 0 Å². The van der Waals surface area contributed by atoms with Crippen molar-refractivity contribution in [1.29, 1.82) is 0 Å². The van der Waals surface area contributed by atoms with E-state index in [9.17, 15) is 18.0 Å². The molecule has 0 aliphatic heterocycles. The van der Waals surface area contributed by atoms with Crippen LogP contribution < -0.4 is 5.32 Å². The van der Waals surface area contributed by atoms with E-state index in [0.717, 1.165) is 0 Å². The van der Waals surface area contributed by atoms with Crippen molar-refractivity contribution in [3.63, 3.8) is 0 Å². The van der Waals surface area contributed by atoms with Crippen LogP contribution in [-0.4, -0.2) is 28.1 Å². The van der Waals surface area contributed by atoms with Gasteiger partial charge in [0.1, 0.15) is 18.0 Å². The van der Waals surface area contributed by atoms with Gasteiger partial charge in [-0.25, -0.2) is 9.97 Å². The first kappa shape index (κ1) is 17.0. The zero-order chi connectivity index (χ0) is 17.3. The smallest absolute Gasteiger partial charge is 0.451 e. The number of nitrogens with zero attached hydrogens (tertiary/aromatic N) is 2. The third kappa shape index (κ3) is 4.54. The molecule has 0 saturated heterocycles. The minimum atomic E-state index is -4.67. The third-order valence-electron chi connectivity index (χ3n) is 2.68. The molecule has 5 nitrogen and oxygen atoms in total. The summed E-state index contributed by atoms with van der Waals surface area (Å²) in [5.74, 6) is -1.91. The Labute approximate surface area is 130 Å². The van der Waals surface area contributed by atoms with Crippen LogP contribution >= 0.6 is 0 Å². The molecule has 23 heavy (non-hydrogen) atoms. The topological polar surface area (TPSA) is 64.1 Å². The lowest BCUT2D eigenvalue weighted by molar-refractivity contribution is -0.152. The molecule has 0 bridgehead atoms. The molecule has 0 saturated carbocycles. The fourth-order valence-electron chi connectivity index (χ4n) is 1.87. The average Bonchev–Trinajstić information content (AvgIpc) is 2.41. The van der Waals surface area contributed by atoms with Crippen molar-refractivity contribution in [3.05, 3.63) is 30.1 Å². The van der Waals surface area contributed by atoms with Gasteiger partial charge in [-0.05, 0) is 32.9 Å². The molecule has 1 heterocycles. The number of benzene rings is 1. The van der Waals surface area contributed by atoms with E-state index in [0.29, 0.717) is 5.39 Å². The number of hydrogen-bond acceptors (Lipinski definition) is 5. The fraction of sp³-hybridized carbons (Fsp3) is 0.400. The molecule has 2 rings (SSSR count). The van der Waals surface area contributed by atoms with E-state index in [2.05, 4.69) is 15.3 Å². The first-order chi connectivity index (χ1) is 10.6. The van der Waals surface area contributed by atoms with Crippen molar-refractivity contribution < 1.29 is 22.7 Å². The van der Waals surface area contributed by atoms with E-state index in [1.165, 1.54) is 6.07 Å². The van der Waals surface area contributed by atoms with Crippen molar-refractivity contribution in [1.82, 2.24) is 9.97 Å². The van der Waals surface area contributed by atoms with Crippen molar-refractivity contribution in [2.75, 3.05) is 11.9 Å². The molecule has 8 heteroatoms. The van der Waals surface area contributed by atoms with E-state index in [1.54, 1.807) is 39.0 Å². The zero-order valence-electron chi connectivity index (χ0n) is 12.9. The summed E-state index contributed by atoms with van der Waals surface area (Å²) in [5, 5.41) is 2.99. The first-order valence-electron chi connectivity index (χ1n) is 6.86. The molecule has 0 aliphatic rings. The van der Waals surface area contributed by atoms with E-state index < -0.39 is 23.6 Å². The van der Waals surface area contributed by atoms with Crippen molar-refractivity contribution in [2.24, 2.45) is 0 Å². The first-order valence-corrected chi connectivity index (χ1v) is 6.86. The summed E-state index contributed by atoms with van der Waals surface area (Å²) >= 11 is 0. The Morgan fingerprint density at radius 3 is 2.43 bits per heavy atom. The van der Waals surface area contributed by atoms with Crippen LogP contribution in [0.15, 0.2) is 24.3 Å². The summed E-state index contributed by atoms with van der Waals surface area (Å²) < 4.78 is 43.7. The Morgan fingerprint density at radius 2 is 1.83 bits per heavy atom. The summed E-state index contributed by atoms with van der Waals surface area (Å²) in [7, 11) is 0. The monoisotopic (exact) mass is 327 g/mol. The maximum Gasteiger partial charge on any atom is 0.451 e. The number of para-hydroxylation sites is 1. The molecule has 0 amide bonds. The number of halogens is 3. The molecule has 0 unspecified atom stereocenters. The maximum atomic E-state index is 12.9. The molecule has 1 N–H and O–H groups in total. The lowest BCUT2D eigenvalue weighted by Gasteiger charge is -2.20. The number of aromatic nitrogens is 2. The van der Waals surface area contributed by atoms with Gasteiger partial charge in [0.15, 0.2) is 0 Å². The van der Waals surface area contributed by atoms with Gasteiger partial charge < -0.3 is 10.1 Å². The third-order valence-corrected chi connectivity index (χ3v) is 2.68. The van der Waals surface area contributed by atoms with E-state index in [4.69, 9.17) is 4.74 Å². The van der Waals surface area contributed by atoms with Gasteiger partial charge >= 0.3 is 12.1 Å². The summed E-state index contributed by atoms with van der Waals surface area (Å²) in [6.45, 7) is 4.81. The normalized spacial score (nSPS) is 12.3. The van der Waals surface area contributed by atoms with Crippen LogP contribution in [0, 0.1) is 0 Å². The summed E-state index contributed by atoms with van der Waals surface area (Å²) in [4.78, 5) is 18.7. The number of anilines is 1. The highest BCUT2D eigenvalue weighted by molar-refractivity contribution is 5.90. The van der Waals surface area contributed by atoms with Crippen molar-refractivity contribution >= 4 is 22.7 Å². The summed E-state index contributed by atoms with van der Waals surface area (Å²) in [5.41, 5.74) is -0.537. The van der Waals surface area contributed by atoms with Crippen LogP contribution in [0.4, 0.5) is 19.0 Å². The van der Waals surface area contributed by atoms with Crippen LogP contribution in [0.2, 0.25) is 0 Å². The Kier molecular flexibility index (Phi) is 4.44. The van der Waals surface area contributed by atoms with Gasteiger partial charge in [-0.3, -0.25) is 4.79 Å². The number of hydrogen-bond donors (Lipinski definition) is 1. The van der Waals surface area contributed by atoms with Gasteiger partial charge in [-0.2, -0.15) is 13.2 Å². The number of ether oxygens (including phenoxy) is 1. The number of carbonyl (C=O) groups excluding carboxylic acids is 1. The Balaban J connectivity index is 2.30. The maximum absolute atomic E-state index is 12.9. The molecule has 1 aromatic heterocycles. The van der Waals surface area contributed by atoms with E-state index >= 15 is 0 Å². The fourth-order valence-corrected chi connectivity index (χ4v) is 1.87. The molecule has 0 atom stereocenters. The average molecular weight is 327 g/mol. The van der Waals surface area contributed by atoms with Crippen molar-refractivity contribution in [3.8, 4) is 0 Å². The molecular formula is C15H16F3N3O2. The number of alkyl halides is 3. The predicted octanol–water partition coefficient (Wildman–Crippen LogP) is 3.40. The van der Waals surface area contributed by atoms with Gasteiger partial charge in [-0.15, -0.1) is 0 Å². The standard InChI is InChI=1S/C15H16F3N3O2/c1-14(2,3)23-11(22)8-19-12-9-6-4-5-7-10(9)20-13(21-12)15(16,17)18/h4-7H,8H2,1-3H3,(H,19,20,21). The van der Waals surface area contributed by atoms with Crippen LogP contribution in [-0.2, 0) is 15.7 Å². The highest BCUT2D eigenvalue weighted by Crippen LogP contribution is 2.30. The lowest BCUT2D eigenvalue weighted by atomic mass is 10.2. The van der Waals surface area contributed by atoms with Crippen LogP contribution in [0.25, 0.3) is 10.9 Å². The highest BCUT2D eigenvalue weighted by Gasteiger charge is 2.35. The second kappa shape index (κ2) is 6.02. The van der Waals surface area contributed by atoms with Gasteiger partial charge in [0.2, 0.25) is 5.82 Å². The molecule has 0 radical (unpaired) electrons. The number of fused-ring (bicyclic) bond motifs is 1. The lowest BCUT2D eigenvalue weighted by Crippen LogP contribution is -2.28. The van der Waals surface area contributed by atoms with Gasteiger partial charge in [0, 0.05) is 5.39 Å². The van der Waals surface area contributed by atoms with Crippen LogP contribution in [0.1, 0.15) is 26.6 Å². The second-order valence-electron chi connectivity index (χ2n) is 5.85. The molecule has 1 aromatic carbocycles. The molecular weight excluding hydrogens is 311 g/mol. The summed E-state index contributed by atoms with van der Waals surface area (Å²) in [6.07, 6.45) is -4.67.